The van der Waals surface area contributed by atoms with Crippen LogP contribution in [0.25, 0.3) is 11.0 Å². The fourth-order valence-electron chi connectivity index (χ4n) is 1.45. The van der Waals surface area contributed by atoms with Gasteiger partial charge in [0.1, 0.15) is 0 Å². The van der Waals surface area contributed by atoms with Gasteiger partial charge in [0.05, 0.1) is 0 Å². The number of fused-ring (bicyclic) bond motifs is 1. The Balaban J connectivity index is 2.51. The molecule has 1 atom stereocenters. The molecular weight excluding hydrogens is 172 g/mol. The number of hydrogen-bond donors (Lipinski definition) is 0. The first-order valence-electron chi connectivity index (χ1n) is 5.03. The molecule has 0 aliphatic rings. The maximum Gasteiger partial charge on any atom is 0.159 e. The van der Waals surface area contributed by atoms with Gasteiger partial charge in [-0.05, 0) is 36.6 Å². The van der Waals surface area contributed by atoms with Crippen molar-refractivity contribution >= 4 is 11.0 Å². The highest BCUT2D eigenvalue weighted by atomic mass is 14.8. The Labute approximate surface area is 84.0 Å². The fraction of sp³-hybridized carbons (Fsp3) is 0.333. The molecule has 0 spiro atoms. The van der Waals surface area contributed by atoms with Gasteiger partial charge in [0.25, 0.3) is 0 Å². The van der Waals surface area contributed by atoms with Gasteiger partial charge in [0.15, 0.2) is 5.65 Å². The second-order valence-electron chi connectivity index (χ2n) is 3.60. The summed E-state index contributed by atoms with van der Waals surface area (Å²) < 4.78 is 0. The van der Waals surface area contributed by atoms with Gasteiger partial charge in [-0.1, -0.05) is 13.8 Å². The molecule has 0 saturated carbocycles. The van der Waals surface area contributed by atoms with Gasteiger partial charge in [-0.25, -0.2) is 9.97 Å². The summed E-state index contributed by atoms with van der Waals surface area (Å²) >= 11 is 0. The monoisotopic (exact) mass is 186 g/mol. The van der Waals surface area contributed by atoms with E-state index in [1.807, 2.05) is 12.1 Å². The molecule has 2 rings (SSSR count). The van der Waals surface area contributed by atoms with Crippen LogP contribution in [0.4, 0.5) is 0 Å². The Morgan fingerprint density at radius 2 is 2.14 bits per heavy atom. The molecule has 0 amide bonds. The van der Waals surface area contributed by atoms with E-state index < -0.39 is 0 Å². The number of hydrogen-bond acceptors (Lipinski definition) is 2. The highest BCUT2D eigenvalue weighted by molar-refractivity contribution is 5.74. The van der Waals surface area contributed by atoms with Gasteiger partial charge in [0.2, 0.25) is 0 Å². The lowest BCUT2D eigenvalue weighted by atomic mass is 10.0. The van der Waals surface area contributed by atoms with Crippen molar-refractivity contribution in [1.82, 2.24) is 9.97 Å². The van der Waals surface area contributed by atoms with Crippen molar-refractivity contribution in [2.75, 3.05) is 0 Å². The smallest absolute Gasteiger partial charge is 0.159 e. The molecule has 2 heteroatoms. The summed E-state index contributed by atoms with van der Waals surface area (Å²) in [5, 5.41) is 1.11. The Bertz CT molecular complexity index is 437. The number of nitrogens with zero attached hydrogens (tertiary/aromatic N) is 2. The molecule has 0 radical (unpaired) electrons. The average Bonchev–Trinajstić information content (AvgIpc) is 2.27. The van der Waals surface area contributed by atoms with Crippen molar-refractivity contribution in [2.45, 2.75) is 26.2 Å². The van der Waals surface area contributed by atoms with Gasteiger partial charge in [-0.15, -0.1) is 0 Å². The van der Waals surface area contributed by atoms with Crippen LogP contribution in [0.3, 0.4) is 0 Å². The Hall–Kier alpha value is -1.44. The largest absolute Gasteiger partial charge is 0.237 e. The molecule has 2 nitrogen and oxygen atoms in total. The van der Waals surface area contributed by atoms with E-state index >= 15 is 0 Å². The number of pyridine rings is 2. The zero-order valence-corrected chi connectivity index (χ0v) is 8.57. The SMILES string of the molecule is CCC(C)c1ccc2cccnc2n1. The van der Waals surface area contributed by atoms with Crippen molar-refractivity contribution in [3.8, 4) is 0 Å². The van der Waals surface area contributed by atoms with Crippen LogP contribution in [0, 0.1) is 0 Å². The van der Waals surface area contributed by atoms with E-state index in [1.165, 1.54) is 0 Å². The Morgan fingerprint density at radius 1 is 1.29 bits per heavy atom. The van der Waals surface area contributed by atoms with Crippen LogP contribution in [0.5, 0.6) is 0 Å². The molecule has 0 saturated heterocycles. The summed E-state index contributed by atoms with van der Waals surface area (Å²) in [5.74, 6) is 0.515. The van der Waals surface area contributed by atoms with Crippen molar-refractivity contribution in [2.24, 2.45) is 0 Å². The number of rotatable bonds is 2. The van der Waals surface area contributed by atoms with Crippen LogP contribution in [-0.4, -0.2) is 9.97 Å². The van der Waals surface area contributed by atoms with Crippen LogP contribution < -0.4 is 0 Å². The van der Waals surface area contributed by atoms with Crippen molar-refractivity contribution in [3.63, 3.8) is 0 Å². The topological polar surface area (TPSA) is 25.8 Å². The third-order valence-electron chi connectivity index (χ3n) is 2.60. The molecule has 0 aliphatic heterocycles. The molecular formula is C12H14N2. The second kappa shape index (κ2) is 3.74. The minimum Gasteiger partial charge on any atom is -0.237 e. The maximum absolute atomic E-state index is 4.53. The van der Waals surface area contributed by atoms with Gasteiger partial charge in [-0.2, -0.15) is 0 Å². The van der Waals surface area contributed by atoms with Crippen molar-refractivity contribution < 1.29 is 0 Å². The third-order valence-corrected chi connectivity index (χ3v) is 2.60. The quantitative estimate of drug-likeness (QED) is 0.720. The average molecular weight is 186 g/mol. The zero-order valence-electron chi connectivity index (χ0n) is 8.57. The zero-order chi connectivity index (χ0) is 9.97. The summed E-state index contributed by atoms with van der Waals surface area (Å²) in [6.45, 7) is 4.37. The van der Waals surface area contributed by atoms with E-state index in [1.54, 1.807) is 6.20 Å². The first-order chi connectivity index (χ1) is 6.81. The van der Waals surface area contributed by atoms with Gasteiger partial charge in [0, 0.05) is 17.3 Å². The highest BCUT2D eigenvalue weighted by Gasteiger charge is 2.05. The molecule has 0 aliphatic carbocycles. The molecule has 14 heavy (non-hydrogen) atoms. The predicted molar refractivity (Wildman–Crippen MR) is 58.2 cm³/mol. The first kappa shape index (κ1) is 9.13. The van der Waals surface area contributed by atoms with Gasteiger partial charge in [-0.3, -0.25) is 0 Å². The first-order valence-corrected chi connectivity index (χ1v) is 5.03. The molecule has 1 unspecified atom stereocenters. The minimum atomic E-state index is 0.515. The molecule has 2 aromatic rings. The predicted octanol–water partition coefficient (Wildman–Crippen LogP) is 3.14. The molecule has 0 aromatic carbocycles. The summed E-state index contributed by atoms with van der Waals surface area (Å²) in [5.41, 5.74) is 1.99. The standard InChI is InChI=1S/C12H14N2/c1-3-9(2)11-7-6-10-5-4-8-13-12(10)14-11/h4-9H,3H2,1-2H3. The minimum absolute atomic E-state index is 0.515. The van der Waals surface area contributed by atoms with Gasteiger partial charge < -0.3 is 0 Å². The van der Waals surface area contributed by atoms with Crippen LogP contribution >= 0.6 is 0 Å². The molecule has 2 heterocycles. The second-order valence-corrected chi connectivity index (χ2v) is 3.60. The summed E-state index contributed by atoms with van der Waals surface area (Å²) in [4.78, 5) is 8.78. The van der Waals surface area contributed by atoms with E-state index in [2.05, 4.69) is 35.9 Å². The summed E-state index contributed by atoms with van der Waals surface area (Å²) in [6, 6.07) is 8.16. The van der Waals surface area contributed by atoms with Crippen LogP contribution in [0.1, 0.15) is 31.9 Å². The molecule has 0 bridgehead atoms. The lowest BCUT2D eigenvalue weighted by molar-refractivity contribution is 0.711. The number of aromatic nitrogens is 2. The molecule has 0 N–H and O–H groups in total. The lowest BCUT2D eigenvalue weighted by Gasteiger charge is -2.07. The highest BCUT2D eigenvalue weighted by Crippen LogP contribution is 2.18. The van der Waals surface area contributed by atoms with E-state index in [0.717, 1.165) is 23.1 Å². The van der Waals surface area contributed by atoms with Crippen LogP contribution in [0.2, 0.25) is 0 Å². The molecule has 0 fully saturated rings. The van der Waals surface area contributed by atoms with Crippen molar-refractivity contribution in [1.29, 1.82) is 0 Å². The van der Waals surface area contributed by atoms with E-state index in [-0.39, 0.29) is 0 Å². The maximum atomic E-state index is 4.53. The third kappa shape index (κ3) is 1.60. The summed E-state index contributed by atoms with van der Waals surface area (Å²) in [6.07, 6.45) is 2.90. The Kier molecular flexibility index (Phi) is 2.44. The van der Waals surface area contributed by atoms with E-state index in [4.69, 9.17) is 0 Å². The van der Waals surface area contributed by atoms with Gasteiger partial charge >= 0.3 is 0 Å². The molecule has 2 aromatic heterocycles. The van der Waals surface area contributed by atoms with E-state index in [0.29, 0.717) is 5.92 Å². The van der Waals surface area contributed by atoms with Crippen LogP contribution in [0.15, 0.2) is 30.5 Å². The lowest BCUT2D eigenvalue weighted by Crippen LogP contribution is -1.96. The normalized spacial score (nSPS) is 13.0. The van der Waals surface area contributed by atoms with Crippen LogP contribution in [-0.2, 0) is 0 Å². The molecule has 72 valence electrons. The fourth-order valence-corrected chi connectivity index (χ4v) is 1.45. The Morgan fingerprint density at radius 3 is 2.93 bits per heavy atom. The van der Waals surface area contributed by atoms with Crippen molar-refractivity contribution in [3.05, 3.63) is 36.2 Å². The summed E-state index contributed by atoms with van der Waals surface area (Å²) in [7, 11) is 0. The van der Waals surface area contributed by atoms with E-state index in [9.17, 15) is 0 Å².